The lowest BCUT2D eigenvalue weighted by Crippen LogP contribution is -2.25. The minimum Gasteiger partial charge on any atom is -0.481 e. The second-order valence-corrected chi connectivity index (χ2v) is 6.08. The van der Waals surface area contributed by atoms with Crippen LogP contribution in [0.1, 0.15) is 35.6 Å². The lowest BCUT2D eigenvalue weighted by Gasteiger charge is -2.27. The SMILES string of the molecule is Cc1cc(C2C[C@@H](C(=O)O)CCO2)cnc1OCc1ccccc1. The molecule has 1 unspecified atom stereocenters. The molecule has 1 aromatic heterocycles. The van der Waals surface area contributed by atoms with E-state index in [1.54, 1.807) is 6.20 Å². The number of aliphatic carboxylic acids is 1. The largest absolute Gasteiger partial charge is 0.481 e. The van der Waals surface area contributed by atoms with Gasteiger partial charge in [-0.15, -0.1) is 0 Å². The Labute approximate surface area is 141 Å². The van der Waals surface area contributed by atoms with Crippen LogP contribution in [0, 0.1) is 12.8 Å². The van der Waals surface area contributed by atoms with Gasteiger partial charge >= 0.3 is 5.97 Å². The van der Waals surface area contributed by atoms with Gasteiger partial charge in [-0.2, -0.15) is 0 Å². The predicted molar refractivity (Wildman–Crippen MR) is 88.8 cm³/mol. The summed E-state index contributed by atoms with van der Waals surface area (Å²) < 4.78 is 11.5. The number of rotatable bonds is 5. The number of aryl methyl sites for hydroxylation is 1. The van der Waals surface area contributed by atoms with Crippen molar-refractivity contribution in [3.05, 3.63) is 59.3 Å². The molecule has 1 saturated heterocycles. The third-order valence-corrected chi connectivity index (χ3v) is 4.27. The third-order valence-electron chi connectivity index (χ3n) is 4.27. The Morgan fingerprint density at radius 1 is 1.38 bits per heavy atom. The lowest BCUT2D eigenvalue weighted by molar-refractivity contribution is -0.147. The van der Waals surface area contributed by atoms with Crippen LogP contribution in [0.5, 0.6) is 5.88 Å². The van der Waals surface area contributed by atoms with E-state index in [0.717, 1.165) is 16.7 Å². The van der Waals surface area contributed by atoms with E-state index >= 15 is 0 Å². The Hall–Kier alpha value is -2.40. The van der Waals surface area contributed by atoms with Gasteiger partial charge in [0, 0.05) is 18.4 Å². The highest BCUT2D eigenvalue weighted by molar-refractivity contribution is 5.70. The summed E-state index contributed by atoms with van der Waals surface area (Å²) >= 11 is 0. The summed E-state index contributed by atoms with van der Waals surface area (Å²) in [6.45, 7) is 2.87. The number of hydrogen-bond donors (Lipinski definition) is 1. The molecule has 1 aromatic carbocycles. The molecule has 5 heteroatoms. The van der Waals surface area contributed by atoms with E-state index in [1.807, 2.05) is 43.3 Å². The molecule has 0 radical (unpaired) electrons. The van der Waals surface area contributed by atoms with Gasteiger partial charge in [-0.3, -0.25) is 4.79 Å². The standard InChI is InChI=1S/C19H21NO4/c1-13-9-16(17-10-15(19(21)22)7-8-23-17)11-20-18(13)24-12-14-5-3-2-4-6-14/h2-6,9,11,15,17H,7-8,10,12H2,1H3,(H,21,22)/t15-,17?/m0/s1. The fourth-order valence-electron chi connectivity index (χ4n) is 2.89. The van der Waals surface area contributed by atoms with Crippen LogP contribution in [-0.2, 0) is 16.1 Å². The van der Waals surface area contributed by atoms with E-state index in [2.05, 4.69) is 4.98 Å². The van der Waals surface area contributed by atoms with Crippen molar-refractivity contribution >= 4 is 5.97 Å². The highest BCUT2D eigenvalue weighted by atomic mass is 16.5. The quantitative estimate of drug-likeness (QED) is 0.910. The van der Waals surface area contributed by atoms with Crippen molar-refractivity contribution in [2.75, 3.05) is 6.61 Å². The number of carboxylic acid groups (broad SMARTS) is 1. The smallest absolute Gasteiger partial charge is 0.306 e. The molecule has 0 saturated carbocycles. The van der Waals surface area contributed by atoms with E-state index < -0.39 is 5.97 Å². The fraction of sp³-hybridized carbons (Fsp3) is 0.368. The van der Waals surface area contributed by atoms with Crippen LogP contribution in [0.3, 0.4) is 0 Å². The maximum absolute atomic E-state index is 11.2. The van der Waals surface area contributed by atoms with Crippen LogP contribution in [-0.4, -0.2) is 22.7 Å². The molecule has 2 heterocycles. The Balaban J connectivity index is 1.67. The Morgan fingerprint density at radius 2 is 2.17 bits per heavy atom. The molecule has 5 nitrogen and oxygen atoms in total. The van der Waals surface area contributed by atoms with Crippen molar-refractivity contribution in [1.82, 2.24) is 4.98 Å². The molecule has 1 N–H and O–H groups in total. The van der Waals surface area contributed by atoms with E-state index in [4.69, 9.17) is 9.47 Å². The zero-order valence-corrected chi connectivity index (χ0v) is 13.6. The Kier molecular flexibility index (Phi) is 5.11. The van der Waals surface area contributed by atoms with Crippen molar-refractivity contribution in [3.8, 4) is 5.88 Å². The Bertz CT molecular complexity index is 702. The summed E-state index contributed by atoms with van der Waals surface area (Å²) in [5.41, 5.74) is 2.91. The van der Waals surface area contributed by atoms with Crippen LogP contribution < -0.4 is 4.74 Å². The molecule has 0 aliphatic carbocycles. The molecule has 3 rings (SSSR count). The highest BCUT2D eigenvalue weighted by Gasteiger charge is 2.29. The van der Waals surface area contributed by atoms with E-state index in [1.165, 1.54) is 0 Å². The van der Waals surface area contributed by atoms with E-state index in [-0.39, 0.29) is 12.0 Å². The minimum absolute atomic E-state index is 0.214. The van der Waals surface area contributed by atoms with Gasteiger partial charge in [0.15, 0.2) is 0 Å². The van der Waals surface area contributed by atoms with Gasteiger partial charge in [0.25, 0.3) is 0 Å². The molecular formula is C19H21NO4. The number of aromatic nitrogens is 1. The zero-order chi connectivity index (χ0) is 16.9. The number of nitrogens with zero attached hydrogens (tertiary/aromatic N) is 1. The molecule has 1 aliphatic rings. The van der Waals surface area contributed by atoms with Crippen LogP contribution in [0.25, 0.3) is 0 Å². The van der Waals surface area contributed by atoms with Gasteiger partial charge in [0.2, 0.25) is 5.88 Å². The number of benzene rings is 1. The third kappa shape index (κ3) is 3.92. The number of ether oxygens (including phenoxy) is 2. The molecule has 1 fully saturated rings. The second-order valence-electron chi connectivity index (χ2n) is 6.08. The molecule has 0 bridgehead atoms. The highest BCUT2D eigenvalue weighted by Crippen LogP contribution is 2.33. The monoisotopic (exact) mass is 327 g/mol. The molecule has 0 amide bonds. The van der Waals surface area contributed by atoms with Crippen LogP contribution in [0.2, 0.25) is 0 Å². The van der Waals surface area contributed by atoms with Gasteiger partial charge in [-0.25, -0.2) is 4.98 Å². The maximum Gasteiger partial charge on any atom is 0.306 e. The summed E-state index contributed by atoms with van der Waals surface area (Å²) in [5.74, 6) is -0.512. The first-order valence-corrected chi connectivity index (χ1v) is 8.11. The summed E-state index contributed by atoms with van der Waals surface area (Å²) in [7, 11) is 0. The number of carboxylic acids is 1. The maximum atomic E-state index is 11.2. The molecule has 24 heavy (non-hydrogen) atoms. The number of hydrogen-bond acceptors (Lipinski definition) is 4. The van der Waals surface area contributed by atoms with Gasteiger partial charge in [0.05, 0.1) is 12.0 Å². The molecular weight excluding hydrogens is 306 g/mol. The first-order chi connectivity index (χ1) is 11.6. The average Bonchev–Trinajstić information content (AvgIpc) is 2.61. The molecule has 2 aromatic rings. The van der Waals surface area contributed by atoms with Gasteiger partial charge in [0.1, 0.15) is 6.61 Å². The van der Waals surface area contributed by atoms with Crippen molar-refractivity contribution < 1.29 is 19.4 Å². The summed E-state index contributed by atoms with van der Waals surface area (Å²) in [6.07, 6.45) is 2.56. The molecule has 0 spiro atoms. The molecule has 2 atom stereocenters. The van der Waals surface area contributed by atoms with Gasteiger partial charge in [-0.05, 0) is 37.0 Å². The van der Waals surface area contributed by atoms with Crippen LogP contribution in [0.4, 0.5) is 0 Å². The van der Waals surface area contributed by atoms with Crippen molar-refractivity contribution in [1.29, 1.82) is 0 Å². The summed E-state index contributed by atoms with van der Waals surface area (Å²) in [5, 5.41) is 9.19. The summed E-state index contributed by atoms with van der Waals surface area (Å²) in [6, 6.07) is 11.9. The minimum atomic E-state index is -0.754. The lowest BCUT2D eigenvalue weighted by atomic mass is 9.92. The Morgan fingerprint density at radius 3 is 2.88 bits per heavy atom. The van der Waals surface area contributed by atoms with Gasteiger partial charge < -0.3 is 14.6 Å². The predicted octanol–water partition coefficient (Wildman–Crippen LogP) is 3.52. The average molecular weight is 327 g/mol. The second kappa shape index (κ2) is 7.45. The van der Waals surface area contributed by atoms with Crippen molar-refractivity contribution in [2.24, 2.45) is 5.92 Å². The van der Waals surface area contributed by atoms with Crippen molar-refractivity contribution in [3.63, 3.8) is 0 Å². The molecule has 1 aliphatic heterocycles. The van der Waals surface area contributed by atoms with Crippen molar-refractivity contribution in [2.45, 2.75) is 32.5 Å². The first-order valence-electron chi connectivity index (χ1n) is 8.11. The van der Waals surface area contributed by atoms with Crippen LogP contribution >= 0.6 is 0 Å². The number of pyridine rings is 1. The van der Waals surface area contributed by atoms with E-state index in [0.29, 0.717) is 31.9 Å². The summed E-state index contributed by atoms with van der Waals surface area (Å²) in [4.78, 5) is 15.6. The van der Waals surface area contributed by atoms with Crippen LogP contribution in [0.15, 0.2) is 42.6 Å². The van der Waals surface area contributed by atoms with Gasteiger partial charge in [-0.1, -0.05) is 30.3 Å². The molecule has 126 valence electrons. The normalized spacial score (nSPS) is 20.5. The first kappa shape index (κ1) is 16.5. The number of carbonyl (C=O) groups is 1. The van der Waals surface area contributed by atoms with E-state index in [9.17, 15) is 9.90 Å². The fourth-order valence-corrected chi connectivity index (χ4v) is 2.89. The topological polar surface area (TPSA) is 68.7 Å². The zero-order valence-electron chi connectivity index (χ0n) is 13.6.